The number of allylic oxidation sites excluding steroid dienone is 1. The molecule has 38 heavy (non-hydrogen) atoms. The second kappa shape index (κ2) is 12.4. The van der Waals surface area contributed by atoms with Crippen molar-refractivity contribution in [3.8, 4) is 0 Å². The van der Waals surface area contributed by atoms with Crippen LogP contribution in [0.3, 0.4) is 0 Å². The van der Waals surface area contributed by atoms with E-state index in [9.17, 15) is 0 Å². The van der Waals surface area contributed by atoms with E-state index in [4.69, 9.17) is 20.1 Å². The minimum absolute atomic E-state index is 0.237. The second-order valence-corrected chi connectivity index (χ2v) is 10.8. The van der Waals surface area contributed by atoms with E-state index < -0.39 is 0 Å². The fourth-order valence-corrected chi connectivity index (χ4v) is 5.87. The van der Waals surface area contributed by atoms with Crippen LogP contribution in [0.2, 0.25) is 0 Å². The van der Waals surface area contributed by atoms with Crippen molar-refractivity contribution in [3.63, 3.8) is 0 Å². The van der Waals surface area contributed by atoms with Gasteiger partial charge in [0.15, 0.2) is 5.82 Å². The number of nitrogens with one attached hydrogen (secondary N) is 4. The summed E-state index contributed by atoms with van der Waals surface area (Å²) in [5.74, 6) is 1.49. The summed E-state index contributed by atoms with van der Waals surface area (Å²) in [6.45, 7) is 8.21. The first kappa shape index (κ1) is 26.8. The number of piperidine rings is 2. The molecule has 10 heteroatoms. The Balaban J connectivity index is 1.34. The molecule has 206 valence electrons. The summed E-state index contributed by atoms with van der Waals surface area (Å²) in [7, 11) is 4.07. The van der Waals surface area contributed by atoms with Gasteiger partial charge in [-0.05, 0) is 58.7 Å². The van der Waals surface area contributed by atoms with E-state index in [2.05, 4.69) is 44.7 Å². The smallest absolute Gasteiger partial charge is 0.153 e. The number of pyridine rings is 1. The van der Waals surface area contributed by atoms with Gasteiger partial charge in [-0.2, -0.15) is 0 Å². The third-order valence-electron chi connectivity index (χ3n) is 8.29. The normalized spacial score (nSPS) is 22.6. The molecule has 0 amide bonds. The molecule has 3 saturated heterocycles. The zero-order valence-electron chi connectivity index (χ0n) is 23.1. The lowest BCUT2D eigenvalue weighted by molar-refractivity contribution is 0.0942. The van der Waals surface area contributed by atoms with Gasteiger partial charge in [0.2, 0.25) is 0 Å². The Bertz CT molecular complexity index is 1130. The molecule has 1 atom stereocenters. The van der Waals surface area contributed by atoms with Crippen molar-refractivity contribution in [1.29, 1.82) is 5.41 Å². The van der Waals surface area contributed by atoms with E-state index >= 15 is 0 Å². The highest BCUT2D eigenvalue weighted by molar-refractivity contribution is 6.13. The number of hydrogen-bond donors (Lipinski definition) is 4. The molecule has 0 aliphatic carbocycles. The maximum atomic E-state index is 8.21. The van der Waals surface area contributed by atoms with E-state index in [1.54, 1.807) is 6.20 Å². The molecule has 0 bridgehead atoms. The number of rotatable bonds is 9. The van der Waals surface area contributed by atoms with Crippen molar-refractivity contribution in [2.45, 2.75) is 63.6 Å². The zero-order valence-corrected chi connectivity index (χ0v) is 23.1. The van der Waals surface area contributed by atoms with Crippen molar-refractivity contribution >= 4 is 34.5 Å². The Morgan fingerprint density at radius 2 is 1.84 bits per heavy atom. The van der Waals surface area contributed by atoms with Gasteiger partial charge in [-0.1, -0.05) is 6.92 Å². The number of hydrogen-bond acceptors (Lipinski definition) is 10. The second-order valence-electron chi connectivity index (χ2n) is 10.8. The monoisotopic (exact) mass is 521 g/mol. The van der Waals surface area contributed by atoms with Gasteiger partial charge >= 0.3 is 0 Å². The van der Waals surface area contributed by atoms with Crippen LogP contribution in [-0.4, -0.2) is 103 Å². The third-order valence-corrected chi connectivity index (χ3v) is 8.29. The van der Waals surface area contributed by atoms with Crippen molar-refractivity contribution in [1.82, 2.24) is 30.1 Å². The summed E-state index contributed by atoms with van der Waals surface area (Å²) < 4.78 is 5.56. The topological polar surface area (TPSA) is 114 Å². The first-order chi connectivity index (χ1) is 18.6. The summed E-state index contributed by atoms with van der Waals surface area (Å²) in [6.07, 6.45) is 11.7. The van der Waals surface area contributed by atoms with E-state index in [-0.39, 0.29) is 6.04 Å². The van der Waals surface area contributed by atoms with Crippen LogP contribution >= 0.6 is 0 Å². The van der Waals surface area contributed by atoms with Gasteiger partial charge in [-0.3, -0.25) is 0 Å². The first-order valence-corrected chi connectivity index (χ1v) is 14.2. The molecule has 5 heterocycles. The number of anilines is 2. The van der Waals surface area contributed by atoms with Gasteiger partial charge < -0.3 is 35.9 Å². The van der Waals surface area contributed by atoms with Crippen LogP contribution in [0, 0.1) is 5.41 Å². The predicted molar refractivity (Wildman–Crippen MR) is 154 cm³/mol. The average Bonchev–Trinajstić information content (AvgIpc) is 3.47. The van der Waals surface area contributed by atoms with E-state index in [0.717, 1.165) is 85.1 Å². The van der Waals surface area contributed by atoms with Crippen molar-refractivity contribution in [2.24, 2.45) is 0 Å². The lowest BCUT2D eigenvalue weighted by Crippen LogP contribution is -2.49. The number of nitrogens with zero attached hydrogens (tertiary/aromatic N) is 5. The average molecular weight is 522 g/mol. The predicted octanol–water partition coefficient (Wildman–Crippen LogP) is 2.97. The molecule has 3 aliphatic heterocycles. The maximum absolute atomic E-state index is 8.21. The summed E-state index contributed by atoms with van der Waals surface area (Å²) in [5, 5.41) is 18.5. The van der Waals surface area contributed by atoms with E-state index in [0.29, 0.717) is 18.5 Å². The lowest BCUT2D eigenvalue weighted by Gasteiger charge is -2.41. The van der Waals surface area contributed by atoms with Crippen molar-refractivity contribution in [2.75, 3.05) is 64.1 Å². The summed E-state index contributed by atoms with van der Waals surface area (Å²) >= 11 is 0. The number of fused-ring (bicyclic) bond motifs is 1. The summed E-state index contributed by atoms with van der Waals surface area (Å²) in [6, 6.07) is 1.37. The minimum Gasteiger partial charge on any atom is -0.388 e. The molecule has 3 fully saturated rings. The Morgan fingerprint density at radius 3 is 2.50 bits per heavy atom. The quantitative estimate of drug-likeness (QED) is 0.370. The van der Waals surface area contributed by atoms with Gasteiger partial charge in [0, 0.05) is 68.6 Å². The molecule has 3 aliphatic rings. The highest BCUT2D eigenvalue weighted by Gasteiger charge is 2.27. The minimum atomic E-state index is 0.237. The van der Waals surface area contributed by atoms with Gasteiger partial charge in [-0.25, -0.2) is 15.0 Å². The largest absolute Gasteiger partial charge is 0.388 e. The molecule has 4 N–H and O–H groups in total. The van der Waals surface area contributed by atoms with Gasteiger partial charge in [0.25, 0.3) is 0 Å². The number of aryl methyl sites for hydroxylation is 1. The number of ether oxygens (including phenoxy) is 1. The van der Waals surface area contributed by atoms with Crippen LogP contribution in [0.5, 0.6) is 0 Å². The SMILES string of the molecule is CCc1nc2c(NC)ncc(/C(C=N)=C/NC3CCN(C4CCN(C)CC4)CC3)c2nc1NC1CCOC1. The fraction of sp³-hybridized carbons (Fsp3) is 0.643. The standard InChI is InChI=1S/C28H43N9O/c1-4-24-27(33-21-9-14-38-18-21)35-25-23(17-32-28(30-2)26(25)34-24)19(15-29)16-31-20-5-12-37(13-6-20)22-7-10-36(3)11-8-22/h15-17,20-22,29,31H,4-14,18H2,1-3H3,(H,30,32)(H,33,35)/b19-16+,29-15?. The first-order valence-electron chi connectivity index (χ1n) is 14.2. The van der Waals surface area contributed by atoms with Crippen LogP contribution in [0.1, 0.15) is 50.3 Å². The third kappa shape index (κ3) is 5.92. The van der Waals surface area contributed by atoms with Gasteiger partial charge in [-0.15, -0.1) is 0 Å². The molecule has 0 saturated carbocycles. The molecule has 0 spiro atoms. The summed E-state index contributed by atoms with van der Waals surface area (Å²) in [5.41, 5.74) is 3.96. The fourth-order valence-electron chi connectivity index (χ4n) is 5.87. The summed E-state index contributed by atoms with van der Waals surface area (Å²) in [4.78, 5) is 19.8. The van der Waals surface area contributed by atoms with Gasteiger partial charge in [0.05, 0.1) is 18.3 Å². The van der Waals surface area contributed by atoms with Gasteiger partial charge in [0.1, 0.15) is 16.9 Å². The van der Waals surface area contributed by atoms with Crippen LogP contribution < -0.4 is 16.0 Å². The highest BCUT2D eigenvalue weighted by atomic mass is 16.5. The Kier molecular flexibility index (Phi) is 8.71. The lowest BCUT2D eigenvalue weighted by atomic mass is 9.98. The molecule has 2 aromatic heterocycles. The Labute approximate surface area is 226 Å². The molecular formula is C28H43N9O. The molecule has 5 rings (SSSR count). The molecule has 2 aromatic rings. The zero-order chi connectivity index (χ0) is 26.5. The van der Waals surface area contributed by atoms with Crippen LogP contribution in [0.25, 0.3) is 16.6 Å². The van der Waals surface area contributed by atoms with Crippen molar-refractivity contribution in [3.05, 3.63) is 23.7 Å². The highest BCUT2D eigenvalue weighted by Crippen LogP contribution is 2.29. The van der Waals surface area contributed by atoms with Crippen LogP contribution in [0.4, 0.5) is 11.6 Å². The van der Waals surface area contributed by atoms with E-state index in [1.165, 1.54) is 32.1 Å². The van der Waals surface area contributed by atoms with Crippen LogP contribution in [-0.2, 0) is 11.2 Å². The van der Waals surface area contributed by atoms with E-state index in [1.807, 2.05) is 13.2 Å². The number of aromatic nitrogens is 3. The molecule has 1 unspecified atom stereocenters. The van der Waals surface area contributed by atoms with Crippen molar-refractivity contribution < 1.29 is 4.74 Å². The molecule has 0 aromatic carbocycles. The number of likely N-dealkylation sites (tertiary alicyclic amines) is 2. The Morgan fingerprint density at radius 1 is 1.05 bits per heavy atom. The maximum Gasteiger partial charge on any atom is 0.153 e. The van der Waals surface area contributed by atoms with Crippen LogP contribution in [0.15, 0.2) is 12.4 Å². The molecule has 10 nitrogen and oxygen atoms in total. The molecular weight excluding hydrogens is 478 g/mol. The molecule has 0 radical (unpaired) electrons. The Hall–Kier alpha value is -2.82.